The van der Waals surface area contributed by atoms with E-state index < -0.39 is 0 Å². The van der Waals surface area contributed by atoms with Crippen LogP contribution >= 0.6 is 0 Å². The Labute approximate surface area is 108 Å². The Kier molecular flexibility index (Phi) is 4.20. The van der Waals surface area contributed by atoms with Crippen molar-refractivity contribution in [3.63, 3.8) is 0 Å². The van der Waals surface area contributed by atoms with Crippen LogP contribution < -0.4 is 10.5 Å². The Morgan fingerprint density at radius 2 is 2.17 bits per heavy atom. The Bertz CT molecular complexity index is 403. The molecule has 1 aliphatic heterocycles. The average molecular weight is 248 g/mol. The molecule has 1 atom stereocenters. The number of ether oxygens (including phenoxy) is 1. The van der Waals surface area contributed by atoms with Crippen molar-refractivity contribution in [2.24, 2.45) is 5.73 Å². The van der Waals surface area contributed by atoms with Crippen LogP contribution in [0.5, 0.6) is 5.75 Å². The summed E-state index contributed by atoms with van der Waals surface area (Å²) < 4.78 is 5.43. The monoisotopic (exact) mass is 248 g/mol. The van der Waals surface area contributed by atoms with Gasteiger partial charge in [0, 0.05) is 6.04 Å². The molecule has 0 radical (unpaired) electrons. The van der Waals surface area contributed by atoms with Gasteiger partial charge in [-0.15, -0.1) is 0 Å². The Balaban J connectivity index is 2.07. The van der Waals surface area contributed by atoms with Gasteiger partial charge in [0.1, 0.15) is 5.75 Å². The first kappa shape index (κ1) is 12.9. The largest absolute Gasteiger partial charge is 0.494 e. The van der Waals surface area contributed by atoms with Crippen molar-refractivity contribution in [2.45, 2.75) is 25.8 Å². The highest BCUT2D eigenvalue weighted by atomic mass is 16.5. The summed E-state index contributed by atoms with van der Waals surface area (Å²) in [5.41, 5.74) is 6.51. The molecule has 1 aliphatic rings. The van der Waals surface area contributed by atoms with E-state index in [1.165, 1.54) is 5.56 Å². The smallest absolute Gasteiger partial charge is 0.231 e. The highest BCUT2D eigenvalue weighted by Gasteiger charge is 2.26. The molecule has 1 fully saturated rings. The molecule has 0 aromatic heterocycles. The molecule has 0 saturated carbocycles. The summed E-state index contributed by atoms with van der Waals surface area (Å²) >= 11 is 0. The third kappa shape index (κ3) is 3.01. The van der Waals surface area contributed by atoms with Gasteiger partial charge >= 0.3 is 0 Å². The normalized spacial score (nSPS) is 19.9. The number of amides is 1. The molecule has 4 heteroatoms. The maximum atomic E-state index is 11.0. The van der Waals surface area contributed by atoms with Crippen molar-refractivity contribution < 1.29 is 9.53 Å². The number of carbonyl (C=O) groups is 1. The molecule has 0 spiro atoms. The summed E-state index contributed by atoms with van der Waals surface area (Å²) in [6.45, 7) is 3.94. The van der Waals surface area contributed by atoms with Crippen LogP contribution in [0.4, 0.5) is 0 Å². The fourth-order valence-corrected chi connectivity index (χ4v) is 2.55. The van der Waals surface area contributed by atoms with Gasteiger partial charge in [0.15, 0.2) is 0 Å². The summed E-state index contributed by atoms with van der Waals surface area (Å²) in [5.74, 6) is 0.633. The number of primary amides is 1. The van der Waals surface area contributed by atoms with Crippen LogP contribution in [-0.2, 0) is 4.79 Å². The first-order valence-corrected chi connectivity index (χ1v) is 6.46. The van der Waals surface area contributed by atoms with E-state index in [-0.39, 0.29) is 5.91 Å². The Morgan fingerprint density at radius 1 is 1.44 bits per heavy atom. The van der Waals surface area contributed by atoms with E-state index in [1.54, 1.807) is 0 Å². The summed E-state index contributed by atoms with van der Waals surface area (Å²) in [6, 6.07) is 8.44. The molecule has 4 nitrogen and oxygen atoms in total. The fraction of sp³-hybridized carbons (Fsp3) is 0.500. The van der Waals surface area contributed by atoms with E-state index in [4.69, 9.17) is 10.5 Å². The molecule has 1 aromatic carbocycles. The van der Waals surface area contributed by atoms with Crippen molar-refractivity contribution in [3.8, 4) is 5.75 Å². The maximum Gasteiger partial charge on any atom is 0.231 e. The molecule has 18 heavy (non-hydrogen) atoms. The number of hydrogen-bond acceptors (Lipinski definition) is 3. The number of nitrogens with zero attached hydrogens (tertiary/aromatic N) is 1. The van der Waals surface area contributed by atoms with Crippen molar-refractivity contribution >= 4 is 5.91 Å². The molecule has 2 rings (SSSR count). The van der Waals surface area contributed by atoms with Crippen LogP contribution in [0, 0.1) is 0 Å². The lowest BCUT2D eigenvalue weighted by Gasteiger charge is -2.23. The number of benzene rings is 1. The van der Waals surface area contributed by atoms with E-state index >= 15 is 0 Å². The van der Waals surface area contributed by atoms with Gasteiger partial charge in [0.2, 0.25) is 5.91 Å². The fourth-order valence-electron chi connectivity index (χ4n) is 2.55. The molecular formula is C14H20N2O2. The van der Waals surface area contributed by atoms with E-state index in [0.717, 1.165) is 25.1 Å². The third-order valence-electron chi connectivity index (χ3n) is 3.30. The molecular weight excluding hydrogens is 228 g/mol. The second kappa shape index (κ2) is 5.87. The molecule has 1 unspecified atom stereocenters. The van der Waals surface area contributed by atoms with Gasteiger partial charge in [-0.05, 0) is 44.0 Å². The number of likely N-dealkylation sites (tertiary alicyclic amines) is 1. The number of rotatable bonds is 5. The summed E-state index contributed by atoms with van der Waals surface area (Å²) in [5, 5.41) is 0. The molecule has 98 valence electrons. The van der Waals surface area contributed by atoms with Gasteiger partial charge in [0.05, 0.1) is 13.2 Å². The van der Waals surface area contributed by atoms with Gasteiger partial charge in [-0.25, -0.2) is 0 Å². The first-order valence-electron chi connectivity index (χ1n) is 6.46. The van der Waals surface area contributed by atoms with Gasteiger partial charge in [0.25, 0.3) is 0 Å². The van der Waals surface area contributed by atoms with E-state index in [9.17, 15) is 4.79 Å². The van der Waals surface area contributed by atoms with E-state index in [0.29, 0.717) is 19.2 Å². The molecule has 0 aliphatic carbocycles. The highest BCUT2D eigenvalue weighted by Crippen LogP contribution is 2.32. The molecule has 1 saturated heterocycles. The van der Waals surface area contributed by atoms with Gasteiger partial charge < -0.3 is 10.5 Å². The summed E-state index contributed by atoms with van der Waals surface area (Å²) in [6.07, 6.45) is 2.20. The molecule has 1 aromatic rings. The van der Waals surface area contributed by atoms with Crippen LogP contribution in [0.25, 0.3) is 0 Å². The predicted octanol–water partition coefficient (Wildman–Crippen LogP) is 1.71. The standard InChI is InChI=1S/C14H20N2O2/c1-2-18-12-7-5-11(6-8-12)13-4-3-9-16(13)10-14(15)17/h5-8,13H,2-4,9-10H2,1H3,(H2,15,17). The second-order valence-electron chi connectivity index (χ2n) is 4.60. The molecule has 2 N–H and O–H groups in total. The zero-order chi connectivity index (χ0) is 13.0. The quantitative estimate of drug-likeness (QED) is 0.863. The highest BCUT2D eigenvalue weighted by molar-refractivity contribution is 5.76. The van der Waals surface area contributed by atoms with Gasteiger partial charge in [-0.3, -0.25) is 9.69 Å². The molecule has 0 bridgehead atoms. The van der Waals surface area contributed by atoms with E-state index in [2.05, 4.69) is 17.0 Å². The average Bonchev–Trinajstić information content (AvgIpc) is 2.78. The minimum atomic E-state index is -0.257. The first-order chi connectivity index (χ1) is 8.70. The van der Waals surface area contributed by atoms with Crippen LogP contribution in [0.15, 0.2) is 24.3 Å². The third-order valence-corrected chi connectivity index (χ3v) is 3.30. The second-order valence-corrected chi connectivity index (χ2v) is 4.60. The minimum Gasteiger partial charge on any atom is -0.494 e. The van der Waals surface area contributed by atoms with Crippen molar-refractivity contribution in [1.29, 1.82) is 0 Å². The lowest BCUT2D eigenvalue weighted by molar-refractivity contribution is -0.119. The number of nitrogens with two attached hydrogens (primary N) is 1. The van der Waals surface area contributed by atoms with E-state index in [1.807, 2.05) is 19.1 Å². The maximum absolute atomic E-state index is 11.0. The van der Waals surface area contributed by atoms with Crippen LogP contribution in [-0.4, -0.2) is 30.5 Å². The SMILES string of the molecule is CCOc1ccc(C2CCCN2CC(N)=O)cc1. The summed E-state index contributed by atoms with van der Waals surface area (Å²) in [4.78, 5) is 13.2. The molecule has 1 amide bonds. The van der Waals surface area contributed by atoms with Crippen molar-refractivity contribution in [3.05, 3.63) is 29.8 Å². The zero-order valence-electron chi connectivity index (χ0n) is 10.8. The van der Waals surface area contributed by atoms with Crippen LogP contribution in [0.1, 0.15) is 31.4 Å². The number of carbonyl (C=O) groups excluding carboxylic acids is 1. The number of hydrogen-bond donors (Lipinski definition) is 1. The Hall–Kier alpha value is -1.55. The molecule has 1 heterocycles. The Morgan fingerprint density at radius 3 is 2.78 bits per heavy atom. The predicted molar refractivity (Wildman–Crippen MR) is 70.4 cm³/mol. The summed E-state index contributed by atoms with van der Waals surface area (Å²) in [7, 11) is 0. The lowest BCUT2D eigenvalue weighted by Crippen LogP contribution is -2.33. The van der Waals surface area contributed by atoms with Gasteiger partial charge in [-0.1, -0.05) is 12.1 Å². The zero-order valence-corrected chi connectivity index (χ0v) is 10.8. The van der Waals surface area contributed by atoms with Crippen LogP contribution in [0.2, 0.25) is 0 Å². The van der Waals surface area contributed by atoms with Crippen molar-refractivity contribution in [2.75, 3.05) is 19.7 Å². The van der Waals surface area contributed by atoms with Crippen LogP contribution in [0.3, 0.4) is 0 Å². The van der Waals surface area contributed by atoms with Crippen molar-refractivity contribution in [1.82, 2.24) is 4.90 Å². The topological polar surface area (TPSA) is 55.6 Å². The van der Waals surface area contributed by atoms with Gasteiger partial charge in [-0.2, -0.15) is 0 Å². The lowest BCUT2D eigenvalue weighted by atomic mass is 10.0. The minimum absolute atomic E-state index is 0.257.